The highest BCUT2D eigenvalue weighted by Gasteiger charge is 2.42. The normalized spacial score (nSPS) is 19.4. The monoisotopic (exact) mass is 495 g/mol. The summed E-state index contributed by atoms with van der Waals surface area (Å²) in [5.41, 5.74) is -6.46. The first kappa shape index (κ1) is 24.6. The van der Waals surface area contributed by atoms with Gasteiger partial charge in [-0.3, -0.25) is 19.7 Å². The second-order valence-electron chi connectivity index (χ2n) is 9.19. The van der Waals surface area contributed by atoms with Gasteiger partial charge in [-0.25, -0.2) is 13.8 Å². The summed E-state index contributed by atoms with van der Waals surface area (Å²) >= 11 is 0. The number of aliphatic hydroxyl groups is 1. The molecule has 2 heterocycles. The molecule has 0 spiro atoms. The van der Waals surface area contributed by atoms with Gasteiger partial charge in [-0.05, 0) is 39.0 Å². The van der Waals surface area contributed by atoms with Gasteiger partial charge in [0.15, 0.2) is 11.8 Å². The first-order valence-corrected chi connectivity index (χ1v) is 10.5. The summed E-state index contributed by atoms with van der Waals surface area (Å²) in [4.78, 5) is 17.5. The Bertz CT molecular complexity index is 1360. The van der Waals surface area contributed by atoms with Crippen molar-refractivity contribution in [1.82, 2.24) is 19.8 Å². The zero-order chi connectivity index (χ0) is 26.1. The summed E-state index contributed by atoms with van der Waals surface area (Å²) < 4.78 is 73.1. The third-order valence-corrected chi connectivity index (χ3v) is 6.02. The van der Waals surface area contributed by atoms with E-state index in [1.165, 1.54) is 46.0 Å². The van der Waals surface area contributed by atoms with E-state index in [0.29, 0.717) is 6.07 Å². The summed E-state index contributed by atoms with van der Waals surface area (Å²) in [6, 6.07) is 5.51. The maximum absolute atomic E-state index is 16.1. The molecular formula is C23H22F5N5O2. The van der Waals surface area contributed by atoms with Gasteiger partial charge in [0.2, 0.25) is 5.91 Å². The number of nitrogens with one attached hydrogen (secondary N) is 2. The smallest absolute Gasteiger partial charge is 0.382 e. The Hall–Kier alpha value is -3.54. The van der Waals surface area contributed by atoms with E-state index in [9.17, 15) is 27.5 Å². The molecule has 1 aliphatic heterocycles. The second kappa shape index (κ2) is 7.74. The predicted octanol–water partition coefficient (Wildman–Crippen LogP) is 4.15. The lowest BCUT2D eigenvalue weighted by Gasteiger charge is -2.40. The lowest BCUT2D eigenvalue weighted by atomic mass is 9.86. The summed E-state index contributed by atoms with van der Waals surface area (Å²) in [7, 11) is 1.38. The fourth-order valence-electron chi connectivity index (χ4n) is 4.27. The summed E-state index contributed by atoms with van der Waals surface area (Å²) in [6.45, 7) is 4.00. The molecule has 0 unspecified atom stereocenters. The van der Waals surface area contributed by atoms with Crippen LogP contribution >= 0.6 is 0 Å². The van der Waals surface area contributed by atoms with Crippen molar-refractivity contribution in [2.24, 2.45) is 0 Å². The Labute approximate surface area is 196 Å². The van der Waals surface area contributed by atoms with Crippen LogP contribution in [0.5, 0.6) is 0 Å². The maximum atomic E-state index is 16.1. The van der Waals surface area contributed by atoms with Crippen molar-refractivity contribution in [3.05, 3.63) is 58.9 Å². The first-order chi connectivity index (χ1) is 16.1. The minimum absolute atomic E-state index is 0.102. The minimum atomic E-state index is -5.14. The van der Waals surface area contributed by atoms with Crippen molar-refractivity contribution in [2.75, 3.05) is 7.05 Å². The molecule has 1 amide bonds. The van der Waals surface area contributed by atoms with Crippen molar-refractivity contribution < 1.29 is 31.9 Å². The van der Waals surface area contributed by atoms with Crippen molar-refractivity contribution in [3.8, 4) is 5.69 Å². The molecular weight excluding hydrogens is 473 g/mol. The molecule has 7 nitrogen and oxygen atoms in total. The lowest BCUT2D eigenvalue weighted by molar-refractivity contribution is -0.138. The van der Waals surface area contributed by atoms with Crippen LogP contribution in [0.4, 0.5) is 22.0 Å². The number of rotatable bonds is 3. The van der Waals surface area contributed by atoms with Crippen molar-refractivity contribution in [1.29, 1.82) is 5.41 Å². The van der Waals surface area contributed by atoms with Crippen molar-refractivity contribution >= 4 is 22.9 Å². The van der Waals surface area contributed by atoms with E-state index in [-0.39, 0.29) is 29.3 Å². The number of alkyl halides is 3. The van der Waals surface area contributed by atoms with Crippen LogP contribution in [-0.4, -0.2) is 38.5 Å². The Balaban J connectivity index is 2.07. The number of nitrogens with zero attached hydrogens (tertiary/aromatic N) is 3. The molecule has 1 aromatic heterocycles. The molecule has 35 heavy (non-hydrogen) atoms. The molecule has 186 valence electrons. The van der Waals surface area contributed by atoms with Crippen LogP contribution in [0.25, 0.3) is 16.7 Å². The molecule has 1 aliphatic rings. The van der Waals surface area contributed by atoms with Crippen molar-refractivity contribution in [3.63, 3.8) is 0 Å². The molecule has 0 aliphatic carbocycles. The average Bonchev–Trinajstić information content (AvgIpc) is 3.10. The van der Waals surface area contributed by atoms with E-state index in [1.54, 1.807) is 0 Å². The fraction of sp³-hybridized carbons (Fsp3) is 0.348. The van der Waals surface area contributed by atoms with Gasteiger partial charge in [0.1, 0.15) is 22.8 Å². The molecule has 0 radical (unpaired) electrons. The Morgan fingerprint density at radius 1 is 1.17 bits per heavy atom. The zero-order valence-corrected chi connectivity index (χ0v) is 19.2. The fourth-order valence-corrected chi connectivity index (χ4v) is 4.27. The molecule has 0 bridgehead atoms. The van der Waals surface area contributed by atoms with Crippen LogP contribution in [0.1, 0.15) is 44.1 Å². The van der Waals surface area contributed by atoms with Crippen LogP contribution in [0.15, 0.2) is 30.3 Å². The Kier molecular flexibility index (Phi) is 5.43. The third kappa shape index (κ3) is 3.91. The standard InChI is InChI=1S/C23H22F5N5O2/c1-21(2,35)19-30-13-9-8-12(24)16(23(26,27)28)18(13)33(19)14-7-5-6-11(17(14)25)22(3)10-15(34)32(4)20(29)31-22/h5-9,35H,10H2,1-4H3,(H2,29,31)/t22-/m0/s1. The first-order valence-electron chi connectivity index (χ1n) is 10.5. The van der Waals surface area contributed by atoms with Gasteiger partial charge in [-0.2, -0.15) is 13.2 Å². The molecule has 4 rings (SSSR count). The molecule has 0 saturated carbocycles. The topological polar surface area (TPSA) is 94.2 Å². The highest BCUT2D eigenvalue weighted by Crippen LogP contribution is 2.41. The number of halogens is 5. The number of benzene rings is 2. The highest BCUT2D eigenvalue weighted by molar-refractivity contribution is 5.99. The quantitative estimate of drug-likeness (QED) is 0.476. The summed E-state index contributed by atoms with van der Waals surface area (Å²) in [5, 5.41) is 21.4. The van der Waals surface area contributed by atoms with Crippen LogP contribution in [0, 0.1) is 17.0 Å². The van der Waals surface area contributed by atoms with Gasteiger partial charge in [0.05, 0.1) is 28.7 Å². The number of imidazole rings is 1. The molecule has 1 fully saturated rings. The van der Waals surface area contributed by atoms with Gasteiger partial charge >= 0.3 is 6.18 Å². The van der Waals surface area contributed by atoms with Gasteiger partial charge in [0.25, 0.3) is 0 Å². The highest BCUT2D eigenvalue weighted by atomic mass is 19.4. The van der Waals surface area contributed by atoms with E-state index >= 15 is 4.39 Å². The van der Waals surface area contributed by atoms with Gasteiger partial charge in [0, 0.05) is 12.6 Å². The van der Waals surface area contributed by atoms with Gasteiger partial charge in [-0.1, -0.05) is 12.1 Å². The van der Waals surface area contributed by atoms with E-state index in [2.05, 4.69) is 10.3 Å². The van der Waals surface area contributed by atoms with E-state index in [0.717, 1.165) is 15.5 Å². The number of hydrogen-bond donors (Lipinski definition) is 3. The average molecular weight is 495 g/mol. The molecule has 1 saturated heterocycles. The van der Waals surface area contributed by atoms with E-state index in [4.69, 9.17) is 5.41 Å². The molecule has 1 atom stereocenters. The number of aromatic nitrogens is 2. The molecule has 12 heteroatoms. The number of carbonyl (C=O) groups is 1. The molecule has 3 aromatic rings. The SMILES string of the molecule is CN1C(=N)N[C@](C)(c2cccc(-n3c(C(C)(C)O)nc4ccc(F)c(C(F)(F)F)c43)c2F)CC1=O. The number of fused-ring (bicyclic) bond motifs is 1. The number of amides is 1. The van der Waals surface area contributed by atoms with Gasteiger partial charge in [-0.15, -0.1) is 0 Å². The number of hydrogen-bond acceptors (Lipinski definition) is 4. The van der Waals surface area contributed by atoms with Gasteiger partial charge < -0.3 is 10.4 Å². The van der Waals surface area contributed by atoms with E-state index < -0.39 is 51.6 Å². The van der Waals surface area contributed by atoms with Crippen molar-refractivity contribution in [2.45, 2.75) is 44.5 Å². The number of guanidine groups is 1. The van der Waals surface area contributed by atoms with Crippen LogP contribution in [0.2, 0.25) is 0 Å². The van der Waals surface area contributed by atoms with Crippen LogP contribution < -0.4 is 5.32 Å². The molecule has 2 aromatic carbocycles. The largest absolute Gasteiger partial charge is 0.421 e. The second-order valence-corrected chi connectivity index (χ2v) is 9.19. The van der Waals surface area contributed by atoms with Crippen LogP contribution in [-0.2, 0) is 22.1 Å². The third-order valence-electron chi connectivity index (χ3n) is 6.02. The Morgan fingerprint density at radius 3 is 2.40 bits per heavy atom. The minimum Gasteiger partial charge on any atom is -0.382 e. The maximum Gasteiger partial charge on any atom is 0.421 e. The van der Waals surface area contributed by atoms with Crippen LogP contribution in [0.3, 0.4) is 0 Å². The zero-order valence-electron chi connectivity index (χ0n) is 19.2. The summed E-state index contributed by atoms with van der Waals surface area (Å²) in [6.07, 6.45) is -5.38. The predicted molar refractivity (Wildman–Crippen MR) is 117 cm³/mol. The number of carbonyl (C=O) groups excluding carboxylic acids is 1. The molecule has 3 N–H and O–H groups in total. The summed E-state index contributed by atoms with van der Waals surface area (Å²) in [5.74, 6) is -3.68. The Morgan fingerprint density at radius 2 is 1.83 bits per heavy atom. The lowest BCUT2D eigenvalue weighted by Crippen LogP contribution is -2.58. The van der Waals surface area contributed by atoms with E-state index in [1.807, 2.05) is 0 Å².